The zero-order chi connectivity index (χ0) is 13.8. The average Bonchev–Trinajstić information content (AvgIpc) is 2.59. The van der Waals surface area contributed by atoms with E-state index in [1.54, 1.807) is 6.26 Å². The number of benzene rings is 1. The predicted octanol–water partition coefficient (Wildman–Crippen LogP) is 2.57. The van der Waals surface area contributed by atoms with Crippen molar-refractivity contribution < 1.29 is 8.95 Å². The average molecular weight is 281 g/mol. The van der Waals surface area contributed by atoms with Crippen molar-refractivity contribution in [3.8, 4) is 5.75 Å². The highest BCUT2D eigenvalue weighted by atomic mass is 32.2. The van der Waals surface area contributed by atoms with Crippen LogP contribution in [0.2, 0.25) is 0 Å². The Morgan fingerprint density at radius 1 is 1.53 bits per heavy atom. The van der Waals surface area contributed by atoms with Crippen molar-refractivity contribution in [2.24, 2.45) is 0 Å². The molecule has 106 valence electrons. The molecule has 0 radical (unpaired) electrons. The molecule has 1 aliphatic heterocycles. The SMILES string of the molecule is Cc1cccc2c1OCCCC2NCC(C)S(C)=O. The monoisotopic (exact) mass is 281 g/mol. The van der Waals surface area contributed by atoms with Crippen LogP contribution >= 0.6 is 0 Å². The van der Waals surface area contributed by atoms with Gasteiger partial charge in [0.25, 0.3) is 0 Å². The van der Waals surface area contributed by atoms with E-state index in [1.807, 2.05) is 6.92 Å². The molecule has 3 nitrogen and oxygen atoms in total. The third-order valence-corrected chi connectivity index (χ3v) is 5.02. The van der Waals surface area contributed by atoms with Crippen molar-refractivity contribution in [1.29, 1.82) is 0 Å². The van der Waals surface area contributed by atoms with E-state index in [9.17, 15) is 4.21 Å². The summed E-state index contributed by atoms with van der Waals surface area (Å²) < 4.78 is 17.3. The van der Waals surface area contributed by atoms with E-state index in [1.165, 1.54) is 11.1 Å². The van der Waals surface area contributed by atoms with Gasteiger partial charge in [0, 0.05) is 40.5 Å². The summed E-state index contributed by atoms with van der Waals surface area (Å²) in [6.45, 7) is 5.67. The van der Waals surface area contributed by atoms with Crippen molar-refractivity contribution in [3.63, 3.8) is 0 Å². The fourth-order valence-electron chi connectivity index (χ4n) is 2.40. The van der Waals surface area contributed by atoms with Gasteiger partial charge in [-0.1, -0.05) is 18.2 Å². The first-order chi connectivity index (χ1) is 9.09. The van der Waals surface area contributed by atoms with E-state index in [4.69, 9.17) is 4.74 Å². The number of ether oxygens (including phenoxy) is 1. The van der Waals surface area contributed by atoms with Gasteiger partial charge in [-0.05, 0) is 32.3 Å². The quantitative estimate of drug-likeness (QED) is 0.922. The van der Waals surface area contributed by atoms with Gasteiger partial charge in [0.2, 0.25) is 0 Å². The number of aryl methyl sites for hydroxylation is 1. The zero-order valence-electron chi connectivity index (χ0n) is 11.9. The Hall–Kier alpha value is -0.870. The summed E-state index contributed by atoms with van der Waals surface area (Å²) in [5, 5.41) is 3.73. The maximum atomic E-state index is 11.4. The molecule has 3 unspecified atom stereocenters. The van der Waals surface area contributed by atoms with Crippen LogP contribution < -0.4 is 10.1 Å². The lowest BCUT2D eigenvalue weighted by molar-refractivity contribution is 0.313. The summed E-state index contributed by atoms with van der Waals surface area (Å²) in [5.74, 6) is 1.03. The molecule has 0 fully saturated rings. The molecule has 1 aromatic carbocycles. The molecule has 0 amide bonds. The van der Waals surface area contributed by atoms with Crippen LogP contribution in [-0.4, -0.2) is 28.9 Å². The van der Waals surface area contributed by atoms with E-state index in [-0.39, 0.29) is 5.25 Å². The first kappa shape index (κ1) is 14.5. The minimum atomic E-state index is -0.775. The third kappa shape index (κ3) is 3.57. The Morgan fingerprint density at radius 3 is 3.05 bits per heavy atom. The van der Waals surface area contributed by atoms with Crippen LogP contribution in [0.15, 0.2) is 18.2 Å². The molecule has 0 aromatic heterocycles. The molecule has 2 rings (SSSR count). The lowest BCUT2D eigenvalue weighted by Crippen LogP contribution is -2.30. The third-order valence-electron chi connectivity index (χ3n) is 3.72. The van der Waals surface area contributed by atoms with E-state index in [0.717, 1.165) is 31.7 Å². The molecule has 1 N–H and O–H groups in total. The highest BCUT2D eigenvalue weighted by Gasteiger charge is 2.21. The zero-order valence-corrected chi connectivity index (χ0v) is 12.8. The number of fused-ring (bicyclic) bond motifs is 1. The lowest BCUT2D eigenvalue weighted by atomic mass is 10.00. The number of hydrogen-bond acceptors (Lipinski definition) is 3. The minimum Gasteiger partial charge on any atom is -0.493 e. The highest BCUT2D eigenvalue weighted by molar-refractivity contribution is 7.84. The van der Waals surface area contributed by atoms with Crippen LogP contribution in [0.25, 0.3) is 0 Å². The van der Waals surface area contributed by atoms with E-state index in [0.29, 0.717) is 6.04 Å². The molecule has 0 spiro atoms. The first-order valence-corrected chi connectivity index (χ1v) is 8.49. The topological polar surface area (TPSA) is 38.3 Å². The molecule has 0 saturated carbocycles. The van der Waals surface area contributed by atoms with Crippen molar-refractivity contribution in [2.75, 3.05) is 19.4 Å². The molecule has 0 aliphatic carbocycles. The van der Waals surface area contributed by atoms with Gasteiger partial charge < -0.3 is 10.1 Å². The van der Waals surface area contributed by atoms with Crippen molar-refractivity contribution in [1.82, 2.24) is 5.32 Å². The number of rotatable bonds is 4. The standard InChI is InChI=1S/C15H23NO2S/c1-11-6-4-7-13-14(8-5-9-18-15(11)13)16-10-12(2)19(3)17/h4,6-7,12,14,16H,5,8-10H2,1-3H3. The second-order valence-electron chi connectivity index (χ2n) is 5.25. The van der Waals surface area contributed by atoms with Crippen molar-refractivity contribution >= 4 is 10.8 Å². The van der Waals surface area contributed by atoms with Crippen molar-refractivity contribution in [3.05, 3.63) is 29.3 Å². The minimum absolute atomic E-state index is 0.178. The Labute approximate surface area is 118 Å². The predicted molar refractivity (Wildman–Crippen MR) is 80.2 cm³/mol. The van der Waals surface area contributed by atoms with E-state index < -0.39 is 10.8 Å². The van der Waals surface area contributed by atoms with Crippen LogP contribution in [0.4, 0.5) is 0 Å². The first-order valence-electron chi connectivity index (χ1n) is 6.87. The molecule has 0 bridgehead atoms. The Kier molecular flexibility index (Phi) is 4.99. The van der Waals surface area contributed by atoms with Gasteiger partial charge in [0.1, 0.15) is 5.75 Å². The smallest absolute Gasteiger partial charge is 0.126 e. The van der Waals surface area contributed by atoms with Crippen LogP contribution in [0, 0.1) is 6.92 Å². The Morgan fingerprint density at radius 2 is 2.32 bits per heavy atom. The number of hydrogen-bond donors (Lipinski definition) is 1. The highest BCUT2D eigenvalue weighted by Crippen LogP contribution is 2.33. The number of nitrogens with one attached hydrogen (secondary N) is 1. The van der Waals surface area contributed by atoms with Gasteiger partial charge in [-0.3, -0.25) is 4.21 Å². The van der Waals surface area contributed by atoms with Gasteiger partial charge in [-0.15, -0.1) is 0 Å². The van der Waals surface area contributed by atoms with Gasteiger partial charge in [-0.2, -0.15) is 0 Å². The van der Waals surface area contributed by atoms with E-state index >= 15 is 0 Å². The number of para-hydroxylation sites is 1. The second-order valence-corrected chi connectivity index (χ2v) is 7.06. The largest absolute Gasteiger partial charge is 0.493 e. The fourth-order valence-corrected chi connectivity index (χ4v) is 2.73. The van der Waals surface area contributed by atoms with Gasteiger partial charge in [0.05, 0.1) is 6.61 Å². The van der Waals surface area contributed by atoms with Crippen LogP contribution in [0.3, 0.4) is 0 Å². The Bertz CT molecular complexity index is 461. The molecule has 1 aliphatic rings. The normalized spacial score (nSPS) is 21.9. The van der Waals surface area contributed by atoms with Gasteiger partial charge in [0.15, 0.2) is 0 Å². The summed E-state index contributed by atoms with van der Waals surface area (Å²) >= 11 is 0. The molecular weight excluding hydrogens is 258 g/mol. The summed E-state index contributed by atoms with van der Waals surface area (Å²) in [5.41, 5.74) is 2.44. The van der Waals surface area contributed by atoms with Crippen LogP contribution in [0.5, 0.6) is 5.75 Å². The maximum Gasteiger partial charge on any atom is 0.126 e. The second kappa shape index (κ2) is 6.53. The molecular formula is C15H23NO2S. The molecule has 4 heteroatoms. The Balaban J connectivity index is 2.14. The molecule has 0 saturated heterocycles. The maximum absolute atomic E-state index is 11.4. The van der Waals surface area contributed by atoms with Crippen molar-refractivity contribution in [2.45, 2.75) is 38.0 Å². The fraction of sp³-hybridized carbons (Fsp3) is 0.600. The molecule has 1 heterocycles. The summed E-state index contributed by atoms with van der Waals surface area (Å²) in [7, 11) is -0.775. The van der Waals surface area contributed by atoms with E-state index in [2.05, 4.69) is 30.4 Å². The van der Waals surface area contributed by atoms with Gasteiger partial charge in [-0.25, -0.2) is 0 Å². The summed E-state index contributed by atoms with van der Waals surface area (Å²) in [6, 6.07) is 6.62. The molecule has 19 heavy (non-hydrogen) atoms. The van der Waals surface area contributed by atoms with Crippen LogP contribution in [0.1, 0.15) is 36.9 Å². The lowest BCUT2D eigenvalue weighted by Gasteiger charge is -2.21. The molecule has 1 aromatic rings. The molecule has 3 atom stereocenters. The summed E-state index contributed by atoms with van der Waals surface area (Å²) in [4.78, 5) is 0. The van der Waals surface area contributed by atoms with Gasteiger partial charge >= 0.3 is 0 Å². The van der Waals surface area contributed by atoms with Crippen LogP contribution in [-0.2, 0) is 10.8 Å². The summed E-state index contributed by atoms with van der Waals surface area (Å²) in [6.07, 6.45) is 3.88.